The van der Waals surface area contributed by atoms with E-state index in [0.29, 0.717) is 38.7 Å². The zero-order chi connectivity index (χ0) is 21.4. The van der Waals surface area contributed by atoms with Gasteiger partial charge in [0.15, 0.2) is 0 Å². The van der Waals surface area contributed by atoms with E-state index in [2.05, 4.69) is 17.0 Å². The molecule has 7 nitrogen and oxygen atoms in total. The molecule has 0 N–H and O–H groups in total. The molecule has 3 saturated heterocycles. The Morgan fingerprint density at radius 3 is 2.48 bits per heavy atom. The molecule has 7 heteroatoms. The van der Waals surface area contributed by atoms with Crippen LogP contribution in [-0.4, -0.2) is 85.6 Å². The largest absolute Gasteiger partial charge is 0.493 e. The van der Waals surface area contributed by atoms with Gasteiger partial charge in [-0.15, -0.1) is 0 Å². The molecule has 168 valence electrons. The van der Waals surface area contributed by atoms with Gasteiger partial charge in [0.2, 0.25) is 11.8 Å². The standard InChI is InChI=1S/C24H33N3O4/c1-17(28)25-8-10-26(11-9-25)24(29)20-15-27(14-18-6-12-30-13-7-18)23-19-4-2-3-5-22(19)31-16-21(20)23/h2-5,18,20-21,23H,6-16H2,1H3/t20-,21+,23+/m1/s1. The second-order valence-corrected chi connectivity index (χ2v) is 9.41. The Balaban J connectivity index is 1.35. The molecule has 0 radical (unpaired) electrons. The highest BCUT2D eigenvalue weighted by Crippen LogP contribution is 2.48. The zero-order valence-electron chi connectivity index (χ0n) is 18.4. The van der Waals surface area contributed by atoms with Crippen LogP contribution in [0.25, 0.3) is 0 Å². The van der Waals surface area contributed by atoms with Gasteiger partial charge in [-0.25, -0.2) is 0 Å². The minimum Gasteiger partial charge on any atom is -0.493 e. The van der Waals surface area contributed by atoms with Crippen molar-refractivity contribution in [3.05, 3.63) is 29.8 Å². The predicted octanol–water partition coefficient (Wildman–Crippen LogP) is 1.79. The van der Waals surface area contributed by atoms with E-state index in [4.69, 9.17) is 9.47 Å². The van der Waals surface area contributed by atoms with Crippen LogP contribution in [0.2, 0.25) is 0 Å². The molecular weight excluding hydrogens is 394 g/mol. The van der Waals surface area contributed by atoms with Crippen LogP contribution in [0.1, 0.15) is 31.4 Å². The van der Waals surface area contributed by atoms with E-state index in [1.165, 1.54) is 5.56 Å². The summed E-state index contributed by atoms with van der Waals surface area (Å²) < 4.78 is 11.7. The monoisotopic (exact) mass is 427 g/mol. The lowest BCUT2D eigenvalue weighted by molar-refractivity contribution is -0.142. The fraction of sp³-hybridized carbons (Fsp3) is 0.667. The van der Waals surface area contributed by atoms with Gasteiger partial charge in [0, 0.05) is 76.9 Å². The molecule has 0 unspecified atom stereocenters. The van der Waals surface area contributed by atoms with Crippen LogP contribution in [-0.2, 0) is 14.3 Å². The summed E-state index contributed by atoms with van der Waals surface area (Å²) in [5.41, 5.74) is 1.22. The van der Waals surface area contributed by atoms with Crippen molar-refractivity contribution in [2.75, 3.05) is 59.1 Å². The van der Waals surface area contributed by atoms with Gasteiger partial charge in [-0.2, -0.15) is 0 Å². The number of rotatable bonds is 3. The van der Waals surface area contributed by atoms with Crippen LogP contribution < -0.4 is 4.74 Å². The first-order valence-corrected chi connectivity index (χ1v) is 11.7. The lowest BCUT2D eigenvalue weighted by Crippen LogP contribution is -2.52. The van der Waals surface area contributed by atoms with Crippen molar-refractivity contribution in [2.24, 2.45) is 17.8 Å². The molecule has 0 spiro atoms. The third-order valence-electron chi connectivity index (χ3n) is 7.60. The first-order chi connectivity index (χ1) is 15.1. The number of piperazine rings is 1. The van der Waals surface area contributed by atoms with Gasteiger partial charge in [0.05, 0.1) is 12.5 Å². The molecule has 0 aliphatic carbocycles. The van der Waals surface area contributed by atoms with Crippen molar-refractivity contribution < 1.29 is 19.1 Å². The van der Waals surface area contributed by atoms with Crippen LogP contribution in [0.4, 0.5) is 0 Å². The minimum atomic E-state index is -0.0536. The second kappa shape index (κ2) is 8.79. The first-order valence-electron chi connectivity index (χ1n) is 11.7. The third-order valence-corrected chi connectivity index (χ3v) is 7.60. The quantitative estimate of drug-likeness (QED) is 0.736. The molecular formula is C24H33N3O4. The summed E-state index contributed by atoms with van der Waals surface area (Å²) in [5, 5.41) is 0. The smallest absolute Gasteiger partial charge is 0.227 e. The van der Waals surface area contributed by atoms with Gasteiger partial charge < -0.3 is 19.3 Å². The topological polar surface area (TPSA) is 62.3 Å². The molecule has 2 amide bonds. The maximum absolute atomic E-state index is 13.6. The van der Waals surface area contributed by atoms with E-state index >= 15 is 0 Å². The molecule has 0 aromatic heterocycles. The Morgan fingerprint density at radius 2 is 1.74 bits per heavy atom. The van der Waals surface area contributed by atoms with Crippen molar-refractivity contribution >= 4 is 11.8 Å². The Bertz CT molecular complexity index is 817. The van der Waals surface area contributed by atoms with Gasteiger partial charge in [-0.05, 0) is 24.8 Å². The van der Waals surface area contributed by atoms with Crippen molar-refractivity contribution in [2.45, 2.75) is 25.8 Å². The number of amides is 2. The number of hydrogen-bond acceptors (Lipinski definition) is 5. The molecule has 0 bridgehead atoms. The minimum absolute atomic E-state index is 0.0536. The van der Waals surface area contributed by atoms with Gasteiger partial charge in [-0.1, -0.05) is 18.2 Å². The first kappa shape index (κ1) is 20.8. The predicted molar refractivity (Wildman–Crippen MR) is 116 cm³/mol. The highest BCUT2D eigenvalue weighted by molar-refractivity contribution is 5.81. The number of benzene rings is 1. The number of nitrogens with zero attached hydrogens (tertiary/aromatic N) is 3. The normalized spacial score (nSPS) is 29.3. The van der Waals surface area contributed by atoms with Crippen LogP contribution >= 0.6 is 0 Å². The molecule has 4 aliphatic rings. The van der Waals surface area contributed by atoms with E-state index in [1.807, 2.05) is 21.9 Å². The maximum atomic E-state index is 13.6. The summed E-state index contributed by atoms with van der Waals surface area (Å²) >= 11 is 0. The van der Waals surface area contributed by atoms with E-state index in [0.717, 1.165) is 44.9 Å². The van der Waals surface area contributed by atoms with Gasteiger partial charge in [0.1, 0.15) is 5.75 Å². The Morgan fingerprint density at radius 1 is 1.03 bits per heavy atom. The highest BCUT2D eigenvalue weighted by atomic mass is 16.5. The number of ether oxygens (including phenoxy) is 2. The van der Waals surface area contributed by atoms with Crippen molar-refractivity contribution in [1.82, 2.24) is 14.7 Å². The average Bonchev–Trinajstić information content (AvgIpc) is 3.18. The Kier molecular flexibility index (Phi) is 5.89. The second-order valence-electron chi connectivity index (χ2n) is 9.41. The van der Waals surface area contributed by atoms with Crippen molar-refractivity contribution in [1.29, 1.82) is 0 Å². The van der Waals surface area contributed by atoms with Crippen LogP contribution in [0, 0.1) is 17.8 Å². The fourth-order valence-corrected chi connectivity index (χ4v) is 5.86. The molecule has 1 aromatic carbocycles. The molecule has 3 fully saturated rings. The Labute approximate surface area is 184 Å². The zero-order valence-corrected chi connectivity index (χ0v) is 18.4. The molecule has 0 saturated carbocycles. The number of hydrogen-bond donors (Lipinski definition) is 0. The highest BCUT2D eigenvalue weighted by Gasteiger charge is 2.50. The summed E-state index contributed by atoms with van der Waals surface area (Å²) in [7, 11) is 0. The third kappa shape index (κ3) is 4.05. The molecule has 4 aliphatic heterocycles. The lowest BCUT2D eigenvalue weighted by Gasteiger charge is -2.38. The summed E-state index contributed by atoms with van der Waals surface area (Å²) in [6, 6.07) is 8.55. The molecule has 5 rings (SSSR count). The number of para-hydroxylation sites is 1. The summed E-state index contributed by atoms with van der Waals surface area (Å²) in [6.45, 7) is 8.20. The van der Waals surface area contributed by atoms with E-state index in [-0.39, 0.29) is 29.7 Å². The van der Waals surface area contributed by atoms with E-state index in [1.54, 1.807) is 6.92 Å². The Hall–Kier alpha value is -2.12. The number of carbonyl (C=O) groups excluding carboxylic acids is 2. The van der Waals surface area contributed by atoms with Crippen LogP contribution in [0.5, 0.6) is 5.75 Å². The summed E-state index contributed by atoms with van der Waals surface area (Å²) in [4.78, 5) is 31.6. The summed E-state index contributed by atoms with van der Waals surface area (Å²) in [6.07, 6.45) is 2.19. The maximum Gasteiger partial charge on any atom is 0.227 e. The van der Waals surface area contributed by atoms with E-state index in [9.17, 15) is 9.59 Å². The molecule has 4 heterocycles. The van der Waals surface area contributed by atoms with Gasteiger partial charge >= 0.3 is 0 Å². The average molecular weight is 428 g/mol. The van der Waals surface area contributed by atoms with E-state index < -0.39 is 0 Å². The number of likely N-dealkylation sites (tertiary alicyclic amines) is 1. The number of carbonyl (C=O) groups is 2. The van der Waals surface area contributed by atoms with Crippen molar-refractivity contribution in [3.63, 3.8) is 0 Å². The lowest BCUT2D eigenvalue weighted by atomic mass is 9.84. The molecule has 1 aromatic rings. The van der Waals surface area contributed by atoms with Gasteiger partial charge in [0.25, 0.3) is 0 Å². The summed E-state index contributed by atoms with van der Waals surface area (Å²) in [5.74, 6) is 2.03. The SMILES string of the molecule is CC(=O)N1CCN(C(=O)[C@@H]2CN(CC3CCOCC3)[C@H]3c4ccccc4OC[C@@H]23)CC1. The molecule has 3 atom stereocenters. The van der Waals surface area contributed by atoms with Crippen LogP contribution in [0.15, 0.2) is 24.3 Å². The fourth-order valence-electron chi connectivity index (χ4n) is 5.86. The number of fused-ring (bicyclic) bond motifs is 3. The van der Waals surface area contributed by atoms with Crippen molar-refractivity contribution in [3.8, 4) is 5.75 Å². The van der Waals surface area contributed by atoms with Crippen LogP contribution in [0.3, 0.4) is 0 Å². The molecule has 31 heavy (non-hydrogen) atoms. The van der Waals surface area contributed by atoms with Gasteiger partial charge in [-0.3, -0.25) is 14.5 Å².